The molecule has 0 aliphatic carbocycles. The molecule has 218 valence electrons. The van der Waals surface area contributed by atoms with E-state index in [2.05, 4.69) is 35.9 Å². The zero-order valence-corrected chi connectivity index (χ0v) is 24.2. The Hall–Kier alpha value is -5.23. The normalized spacial score (nSPS) is 11.2. The van der Waals surface area contributed by atoms with Crippen LogP contribution in [0.15, 0.2) is 76.5 Å². The van der Waals surface area contributed by atoms with Crippen molar-refractivity contribution in [2.75, 3.05) is 23.7 Å². The number of aromatic nitrogens is 5. The van der Waals surface area contributed by atoms with E-state index in [0.29, 0.717) is 71.1 Å². The van der Waals surface area contributed by atoms with E-state index in [0.717, 1.165) is 17.8 Å². The van der Waals surface area contributed by atoms with Crippen LogP contribution in [0.25, 0.3) is 33.3 Å². The topological polar surface area (TPSA) is 150 Å². The number of benzene rings is 2. The van der Waals surface area contributed by atoms with E-state index in [1.807, 2.05) is 58.6 Å². The highest BCUT2D eigenvalue weighted by molar-refractivity contribution is 7.08. The molecule has 0 spiro atoms. The molecule has 4 heterocycles. The number of hydrogen-bond donors (Lipinski definition) is 5. The van der Waals surface area contributed by atoms with E-state index in [1.165, 1.54) is 11.3 Å². The molecule has 43 heavy (non-hydrogen) atoms. The van der Waals surface area contributed by atoms with E-state index in [4.69, 9.17) is 0 Å². The van der Waals surface area contributed by atoms with Crippen LogP contribution >= 0.6 is 11.3 Å². The zero-order chi connectivity index (χ0) is 29.8. The third-order valence-corrected chi connectivity index (χ3v) is 7.76. The summed E-state index contributed by atoms with van der Waals surface area (Å²) in [7, 11) is 0. The standard InChI is InChI=1S/C31H30N8O3S/c1-2-39-18-35-25-28(34-16-19-7-4-3-5-8-19)37-31(38-29(25)39)33-13-6-12-32-30(42)20-9-10-22-23(15-20)36-24(27(41)26(22)40)21-11-14-43-17-21/h3-5,7-11,14-15,17-18,41H,2,6,12-13,16H2,1H3,(H,32,42)(H,36,40)(H2,33,34,37,38). The van der Waals surface area contributed by atoms with Gasteiger partial charge in [0.05, 0.1) is 17.5 Å². The number of fused-ring (bicyclic) bond motifs is 2. The molecule has 0 unspecified atom stereocenters. The summed E-state index contributed by atoms with van der Waals surface area (Å²) < 4.78 is 1.97. The van der Waals surface area contributed by atoms with Crippen molar-refractivity contribution < 1.29 is 9.90 Å². The lowest BCUT2D eigenvalue weighted by atomic mass is 10.1. The van der Waals surface area contributed by atoms with E-state index in [9.17, 15) is 14.7 Å². The second-order valence-corrected chi connectivity index (χ2v) is 10.7. The number of carbonyl (C=O) groups excluding carboxylic acids is 1. The maximum atomic E-state index is 12.9. The van der Waals surface area contributed by atoms with Gasteiger partial charge in [-0.3, -0.25) is 9.59 Å². The fraction of sp³-hybridized carbons (Fsp3) is 0.194. The average molecular weight is 595 g/mol. The van der Waals surface area contributed by atoms with E-state index in [1.54, 1.807) is 24.5 Å². The summed E-state index contributed by atoms with van der Waals surface area (Å²) in [6, 6.07) is 16.7. The van der Waals surface area contributed by atoms with Crippen LogP contribution in [0.3, 0.4) is 0 Å². The van der Waals surface area contributed by atoms with Gasteiger partial charge >= 0.3 is 0 Å². The van der Waals surface area contributed by atoms with Gasteiger partial charge in [-0.15, -0.1) is 0 Å². The molecule has 0 fully saturated rings. The molecule has 0 radical (unpaired) electrons. The molecule has 4 aromatic heterocycles. The Bertz CT molecular complexity index is 1950. The molecule has 6 rings (SSSR count). The number of H-pyrrole nitrogens is 1. The second kappa shape index (κ2) is 12.3. The quantitative estimate of drug-likeness (QED) is 0.132. The molecule has 6 aromatic rings. The molecular formula is C31H30N8O3S. The summed E-state index contributed by atoms with van der Waals surface area (Å²) in [6.45, 7) is 4.34. The van der Waals surface area contributed by atoms with Crippen LogP contribution in [0.4, 0.5) is 11.8 Å². The number of nitrogens with one attached hydrogen (secondary N) is 4. The first-order valence-electron chi connectivity index (χ1n) is 14.0. The van der Waals surface area contributed by atoms with Crippen molar-refractivity contribution in [2.45, 2.75) is 26.4 Å². The van der Waals surface area contributed by atoms with Crippen molar-refractivity contribution in [1.82, 2.24) is 29.8 Å². The van der Waals surface area contributed by atoms with Crippen LogP contribution in [0.5, 0.6) is 5.75 Å². The molecule has 12 heteroatoms. The van der Waals surface area contributed by atoms with Crippen LogP contribution in [-0.2, 0) is 13.1 Å². The lowest BCUT2D eigenvalue weighted by Gasteiger charge is -2.11. The van der Waals surface area contributed by atoms with Crippen LogP contribution in [0.2, 0.25) is 0 Å². The van der Waals surface area contributed by atoms with Gasteiger partial charge in [-0.2, -0.15) is 21.3 Å². The highest BCUT2D eigenvalue weighted by Crippen LogP contribution is 2.28. The fourth-order valence-electron chi connectivity index (χ4n) is 4.79. The molecule has 2 aromatic carbocycles. The Morgan fingerprint density at radius 1 is 1.07 bits per heavy atom. The molecule has 5 N–H and O–H groups in total. The molecule has 1 amide bonds. The summed E-state index contributed by atoms with van der Waals surface area (Å²) in [5.41, 5.74) is 4.05. The number of aromatic amines is 1. The van der Waals surface area contributed by atoms with E-state index in [-0.39, 0.29) is 11.7 Å². The minimum atomic E-state index is -0.478. The van der Waals surface area contributed by atoms with Gasteiger partial charge in [0.2, 0.25) is 11.4 Å². The minimum absolute atomic E-state index is 0.259. The number of aryl methyl sites for hydroxylation is 1. The van der Waals surface area contributed by atoms with Crippen molar-refractivity contribution in [2.24, 2.45) is 0 Å². The zero-order valence-electron chi connectivity index (χ0n) is 23.4. The maximum absolute atomic E-state index is 12.9. The molecule has 0 aliphatic rings. The third kappa shape index (κ3) is 5.90. The predicted octanol–water partition coefficient (Wildman–Crippen LogP) is 4.97. The number of amides is 1. The Balaban J connectivity index is 1.09. The van der Waals surface area contributed by atoms with Crippen molar-refractivity contribution in [1.29, 1.82) is 0 Å². The molecular weight excluding hydrogens is 564 g/mol. The number of carbonyl (C=O) groups is 1. The summed E-state index contributed by atoms with van der Waals surface area (Å²) in [4.78, 5) is 42.6. The lowest BCUT2D eigenvalue weighted by molar-refractivity contribution is 0.0953. The van der Waals surface area contributed by atoms with Crippen LogP contribution in [0, 0.1) is 0 Å². The first-order chi connectivity index (χ1) is 21.0. The molecule has 0 bridgehead atoms. The predicted molar refractivity (Wildman–Crippen MR) is 170 cm³/mol. The smallest absolute Gasteiger partial charge is 0.251 e. The third-order valence-electron chi connectivity index (χ3n) is 7.08. The number of thiophene rings is 1. The number of nitrogens with zero attached hydrogens (tertiary/aromatic N) is 4. The maximum Gasteiger partial charge on any atom is 0.251 e. The first-order valence-corrected chi connectivity index (χ1v) is 14.9. The van der Waals surface area contributed by atoms with Gasteiger partial charge in [0.1, 0.15) is 0 Å². The molecule has 0 saturated carbocycles. The summed E-state index contributed by atoms with van der Waals surface area (Å²) in [6.07, 6.45) is 2.40. The first kappa shape index (κ1) is 27.9. The Labute approximate surface area is 250 Å². The van der Waals surface area contributed by atoms with E-state index < -0.39 is 5.43 Å². The van der Waals surface area contributed by atoms with Crippen LogP contribution < -0.4 is 21.4 Å². The summed E-state index contributed by atoms with van der Waals surface area (Å²) in [5, 5.41) is 24.0. The van der Waals surface area contributed by atoms with Gasteiger partial charge in [0.15, 0.2) is 22.7 Å². The number of anilines is 2. The molecule has 11 nitrogen and oxygen atoms in total. The highest BCUT2D eigenvalue weighted by atomic mass is 32.1. The van der Waals surface area contributed by atoms with Gasteiger partial charge < -0.3 is 30.6 Å². The van der Waals surface area contributed by atoms with Crippen LogP contribution in [-0.4, -0.2) is 48.6 Å². The Morgan fingerprint density at radius 3 is 2.72 bits per heavy atom. The Kier molecular flexibility index (Phi) is 8.01. The van der Waals surface area contributed by atoms with E-state index >= 15 is 0 Å². The van der Waals surface area contributed by atoms with Crippen molar-refractivity contribution in [3.8, 4) is 17.0 Å². The molecule has 0 saturated heterocycles. The van der Waals surface area contributed by atoms with Gasteiger partial charge in [-0.05, 0) is 48.6 Å². The number of aromatic hydroxyl groups is 1. The van der Waals surface area contributed by atoms with Gasteiger partial charge in [-0.1, -0.05) is 30.3 Å². The Morgan fingerprint density at radius 2 is 1.93 bits per heavy atom. The second-order valence-electron chi connectivity index (χ2n) is 9.92. The van der Waals surface area contributed by atoms with Gasteiger partial charge in [0.25, 0.3) is 5.91 Å². The monoisotopic (exact) mass is 594 g/mol. The number of pyridine rings is 1. The largest absolute Gasteiger partial charge is 0.503 e. The van der Waals surface area contributed by atoms with Gasteiger partial charge in [-0.25, -0.2) is 4.98 Å². The highest BCUT2D eigenvalue weighted by Gasteiger charge is 2.16. The number of rotatable bonds is 11. The van der Waals surface area contributed by atoms with Crippen LogP contribution in [0.1, 0.15) is 29.3 Å². The summed E-state index contributed by atoms with van der Waals surface area (Å²) >= 11 is 1.46. The summed E-state index contributed by atoms with van der Waals surface area (Å²) in [5.74, 6) is 0.538. The van der Waals surface area contributed by atoms with Gasteiger partial charge in [0, 0.05) is 48.1 Å². The fourth-order valence-corrected chi connectivity index (χ4v) is 5.44. The SMILES string of the molecule is CCn1cnc2c(NCc3ccccc3)nc(NCCCNC(=O)c3ccc4c(=O)c(O)c(-c5ccsc5)[nH]c4c3)nc21. The molecule has 0 aliphatic heterocycles. The van der Waals surface area contributed by atoms with Crippen molar-refractivity contribution in [3.05, 3.63) is 93.0 Å². The average Bonchev–Trinajstić information content (AvgIpc) is 3.72. The van der Waals surface area contributed by atoms with Crippen molar-refractivity contribution in [3.63, 3.8) is 0 Å². The number of imidazole rings is 1. The lowest BCUT2D eigenvalue weighted by Crippen LogP contribution is -2.26. The minimum Gasteiger partial charge on any atom is -0.503 e. The molecule has 0 atom stereocenters. The number of hydrogen-bond acceptors (Lipinski definition) is 9. The van der Waals surface area contributed by atoms with Crippen molar-refractivity contribution >= 4 is 51.1 Å².